The molecule has 1 aromatic heterocycles. The number of carboxylic acid groups (broad SMARTS) is 1. The van der Waals surface area contributed by atoms with Crippen molar-refractivity contribution in [2.45, 2.75) is 0 Å². The summed E-state index contributed by atoms with van der Waals surface area (Å²) in [5.41, 5.74) is -0.0181. The molecule has 0 saturated heterocycles. The van der Waals surface area contributed by atoms with Crippen LogP contribution in [0.5, 0.6) is 0 Å². The number of nitrogens with zero attached hydrogens (tertiary/aromatic N) is 2. The summed E-state index contributed by atoms with van der Waals surface area (Å²) in [7, 11) is -1.55. The number of carbonyl (C=O) groups is 1. The predicted molar refractivity (Wildman–Crippen MR) is 69.2 cm³/mol. The number of hydrogen-bond donors (Lipinski definition) is 1. The lowest BCUT2D eigenvalue weighted by atomic mass is 10.2. The fourth-order valence-electron chi connectivity index (χ4n) is 1.29. The van der Waals surface area contributed by atoms with Crippen LogP contribution in [0.15, 0.2) is 12.1 Å². The molecule has 0 aliphatic rings. The Labute approximate surface area is 110 Å². The molecule has 0 bridgehead atoms. The predicted octanol–water partition coefficient (Wildman–Crippen LogP) is 0.914. The molecule has 0 aromatic carbocycles. The molecular weight excluding hydrogens is 280 g/mol. The topological polar surface area (TPSA) is 87.6 Å². The van der Waals surface area contributed by atoms with Gasteiger partial charge in [-0.15, -0.1) is 0 Å². The van der Waals surface area contributed by atoms with E-state index in [0.717, 1.165) is 6.26 Å². The van der Waals surface area contributed by atoms with Gasteiger partial charge in [-0.3, -0.25) is 0 Å². The summed E-state index contributed by atoms with van der Waals surface area (Å²) in [6.07, 6.45) is 1.12. The number of carboxylic acids is 1. The monoisotopic (exact) mass is 292 g/mol. The largest absolute Gasteiger partial charge is 0.478 e. The van der Waals surface area contributed by atoms with Crippen molar-refractivity contribution in [2.75, 3.05) is 30.5 Å². The van der Waals surface area contributed by atoms with Crippen LogP contribution < -0.4 is 4.90 Å². The minimum absolute atomic E-state index is 0.0181. The van der Waals surface area contributed by atoms with Crippen LogP contribution in [0.4, 0.5) is 5.82 Å². The van der Waals surface area contributed by atoms with E-state index in [2.05, 4.69) is 4.98 Å². The van der Waals surface area contributed by atoms with E-state index in [9.17, 15) is 13.2 Å². The van der Waals surface area contributed by atoms with Gasteiger partial charge in [0.25, 0.3) is 0 Å². The van der Waals surface area contributed by atoms with Crippen LogP contribution in [0.25, 0.3) is 0 Å². The molecular formula is C10H13ClN2O4S. The zero-order chi connectivity index (χ0) is 13.9. The van der Waals surface area contributed by atoms with E-state index in [1.165, 1.54) is 17.0 Å². The molecule has 6 nitrogen and oxygen atoms in total. The standard InChI is InChI=1S/C10H13ClN2O4S/c1-13(5-6-18(2,16)17)9-7(10(14)15)3-4-8(11)12-9/h3-4H,5-6H2,1-2H3,(H,14,15). The molecule has 100 valence electrons. The van der Waals surface area contributed by atoms with Gasteiger partial charge in [-0.1, -0.05) is 11.6 Å². The number of hydrogen-bond acceptors (Lipinski definition) is 5. The second-order valence-corrected chi connectivity index (χ2v) is 6.51. The average molecular weight is 293 g/mol. The normalized spacial score (nSPS) is 11.3. The molecule has 1 N–H and O–H groups in total. The molecule has 1 aromatic rings. The maximum Gasteiger partial charge on any atom is 0.339 e. The van der Waals surface area contributed by atoms with E-state index in [1.54, 1.807) is 7.05 Å². The molecule has 1 rings (SSSR count). The van der Waals surface area contributed by atoms with Crippen LogP contribution in [-0.2, 0) is 9.84 Å². The van der Waals surface area contributed by atoms with E-state index >= 15 is 0 Å². The first-order chi connectivity index (χ1) is 8.20. The zero-order valence-electron chi connectivity index (χ0n) is 9.92. The zero-order valence-corrected chi connectivity index (χ0v) is 11.5. The molecule has 0 fully saturated rings. The van der Waals surface area contributed by atoms with Gasteiger partial charge in [-0.2, -0.15) is 0 Å². The molecule has 0 aliphatic heterocycles. The Balaban J connectivity index is 3.00. The van der Waals surface area contributed by atoms with E-state index in [4.69, 9.17) is 16.7 Å². The summed E-state index contributed by atoms with van der Waals surface area (Å²) in [4.78, 5) is 16.4. The highest BCUT2D eigenvalue weighted by Crippen LogP contribution is 2.19. The number of pyridine rings is 1. The molecule has 0 amide bonds. The van der Waals surface area contributed by atoms with Crippen LogP contribution >= 0.6 is 11.6 Å². The summed E-state index contributed by atoms with van der Waals surface area (Å²) in [5, 5.41) is 9.16. The van der Waals surface area contributed by atoms with E-state index in [-0.39, 0.29) is 28.8 Å². The van der Waals surface area contributed by atoms with Gasteiger partial charge in [-0.05, 0) is 12.1 Å². The molecule has 0 spiro atoms. The van der Waals surface area contributed by atoms with Crippen molar-refractivity contribution in [1.82, 2.24) is 4.98 Å². The highest BCUT2D eigenvalue weighted by Gasteiger charge is 2.16. The van der Waals surface area contributed by atoms with Crippen molar-refractivity contribution in [3.8, 4) is 0 Å². The number of halogens is 1. The minimum atomic E-state index is -3.12. The van der Waals surface area contributed by atoms with Crippen LogP contribution in [0.2, 0.25) is 5.15 Å². The molecule has 0 unspecified atom stereocenters. The van der Waals surface area contributed by atoms with Crippen LogP contribution in [-0.4, -0.2) is 50.1 Å². The van der Waals surface area contributed by atoms with Crippen molar-refractivity contribution in [1.29, 1.82) is 0 Å². The van der Waals surface area contributed by atoms with Gasteiger partial charge in [-0.25, -0.2) is 18.2 Å². The first kappa shape index (κ1) is 14.7. The lowest BCUT2D eigenvalue weighted by molar-refractivity contribution is 0.0697. The molecule has 0 radical (unpaired) electrons. The SMILES string of the molecule is CN(CCS(C)(=O)=O)c1nc(Cl)ccc1C(=O)O. The summed E-state index contributed by atoms with van der Waals surface area (Å²) in [6.45, 7) is 0.145. The fourth-order valence-corrected chi connectivity index (χ4v) is 2.04. The van der Waals surface area contributed by atoms with Gasteiger partial charge in [0, 0.05) is 19.8 Å². The Kier molecular flexibility index (Phi) is 4.53. The van der Waals surface area contributed by atoms with Crippen LogP contribution in [0, 0.1) is 0 Å². The average Bonchev–Trinajstić information content (AvgIpc) is 2.24. The Bertz CT molecular complexity index is 559. The quantitative estimate of drug-likeness (QED) is 0.812. The third-order valence-corrected chi connectivity index (χ3v) is 3.37. The van der Waals surface area contributed by atoms with Crippen molar-refractivity contribution in [2.24, 2.45) is 0 Å². The molecule has 0 aliphatic carbocycles. The molecule has 0 saturated carbocycles. The Morgan fingerprint density at radius 2 is 2.11 bits per heavy atom. The highest BCUT2D eigenvalue weighted by molar-refractivity contribution is 7.90. The van der Waals surface area contributed by atoms with Gasteiger partial charge in [0.1, 0.15) is 26.4 Å². The van der Waals surface area contributed by atoms with Crippen molar-refractivity contribution in [3.05, 3.63) is 22.8 Å². The van der Waals surface area contributed by atoms with Gasteiger partial charge >= 0.3 is 5.97 Å². The molecule has 1 heterocycles. The van der Waals surface area contributed by atoms with Crippen LogP contribution in [0.3, 0.4) is 0 Å². The van der Waals surface area contributed by atoms with Gasteiger partial charge in [0.15, 0.2) is 0 Å². The number of aromatic carboxylic acids is 1. The van der Waals surface area contributed by atoms with E-state index in [0.29, 0.717) is 0 Å². The second-order valence-electron chi connectivity index (χ2n) is 3.86. The maximum absolute atomic E-state index is 11.1. The number of anilines is 1. The van der Waals surface area contributed by atoms with Crippen molar-refractivity contribution in [3.63, 3.8) is 0 Å². The summed E-state index contributed by atoms with van der Waals surface area (Å²) in [5.74, 6) is -1.07. The number of sulfone groups is 1. The van der Waals surface area contributed by atoms with Crippen molar-refractivity contribution >= 4 is 33.2 Å². The van der Waals surface area contributed by atoms with Gasteiger partial charge in [0.05, 0.1) is 5.75 Å². The number of rotatable bonds is 5. The summed E-state index contributed by atoms with van der Waals surface area (Å²) >= 11 is 5.71. The molecule has 0 atom stereocenters. The highest BCUT2D eigenvalue weighted by atomic mass is 35.5. The first-order valence-electron chi connectivity index (χ1n) is 4.99. The first-order valence-corrected chi connectivity index (χ1v) is 7.43. The third-order valence-electron chi connectivity index (χ3n) is 2.23. The van der Waals surface area contributed by atoms with E-state index < -0.39 is 15.8 Å². The molecule has 18 heavy (non-hydrogen) atoms. The second kappa shape index (κ2) is 5.53. The Hall–Kier alpha value is -1.34. The lowest BCUT2D eigenvalue weighted by Gasteiger charge is -2.19. The van der Waals surface area contributed by atoms with E-state index in [1.807, 2.05) is 0 Å². The Morgan fingerprint density at radius 3 is 2.61 bits per heavy atom. The van der Waals surface area contributed by atoms with Gasteiger partial charge in [0.2, 0.25) is 0 Å². The summed E-state index contributed by atoms with van der Waals surface area (Å²) < 4.78 is 22.1. The molecule has 8 heteroatoms. The maximum atomic E-state index is 11.1. The lowest BCUT2D eigenvalue weighted by Crippen LogP contribution is -2.27. The summed E-state index contributed by atoms with van der Waals surface area (Å²) in [6, 6.07) is 2.71. The van der Waals surface area contributed by atoms with Gasteiger partial charge < -0.3 is 10.0 Å². The smallest absolute Gasteiger partial charge is 0.339 e. The Morgan fingerprint density at radius 1 is 1.50 bits per heavy atom. The fraction of sp³-hybridized carbons (Fsp3) is 0.400. The van der Waals surface area contributed by atoms with Crippen molar-refractivity contribution < 1.29 is 18.3 Å². The number of aromatic nitrogens is 1. The minimum Gasteiger partial charge on any atom is -0.478 e. The third kappa shape index (κ3) is 4.15. The van der Waals surface area contributed by atoms with Crippen LogP contribution in [0.1, 0.15) is 10.4 Å².